The molecule has 7 nitrogen and oxygen atoms in total. The number of hydrogen-bond donors (Lipinski definition) is 1. The molecule has 0 unspecified atom stereocenters. The number of nitrogens with zero attached hydrogens (tertiary/aromatic N) is 4. The average molecular weight is 357 g/mol. The van der Waals surface area contributed by atoms with Gasteiger partial charge in [-0.15, -0.1) is 10.2 Å². The zero-order chi connectivity index (χ0) is 17.8. The molecular formula is C17H19N5O2S. The van der Waals surface area contributed by atoms with Gasteiger partial charge in [-0.1, -0.05) is 47.3 Å². The summed E-state index contributed by atoms with van der Waals surface area (Å²) in [5, 5.41) is 15.0. The Morgan fingerprint density at radius 2 is 2.04 bits per heavy atom. The number of amides is 1. The van der Waals surface area contributed by atoms with Crippen molar-refractivity contribution in [3.63, 3.8) is 0 Å². The molecule has 0 saturated carbocycles. The van der Waals surface area contributed by atoms with Gasteiger partial charge in [0.15, 0.2) is 11.0 Å². The van der Waals surface area contributed by atoms with Crippen molar-refractivity contribution in [1.82, 2.24) is 19.9 Å². The van der Waals surface area contributed by atoms with Gasteiger partial charge in [-0.05, 0) is 26.3 Å². The molecule has 0 aliphatic rings. The molecule has 3 aromatic rings. The van der Waals surface area contributed by atoms with Crippen LogP contribution in [0.4, 0.5) is 5.82 Å². The van der Waals surface area contributed by atoms with Crippen LogP contribution in [0, 0.1) is 6.92 Å². The topological polar surface area (TPSA) is 85.8 Å². The second-order valence-electron chi connectivity index (χ2n) is 5.68. The minimum Gasteiger partial charge on any atom is -0.360 e. The van der Waals surface area contributed by atoms with Crippen LogP contribution < -0.4 is 5.32 Å². The maximum absolute atomic E-state index is 12.3. The third-order valence-electron chi connectivity index (χ3n) is 3.77. The van der Waals surface area contributed by atoms with E-state index in [1.165, 1.54) is 11.8 Å². The van der Waals surface area contributed by atoms with Gasteiger partial charge in [0.05, 0.1) is 11.3 Å². The summed E-state index contributed by atoms with van der Waals surface area (Å²) in [6.07, 6.45) is 1.69. The van der Waals surface area contributed by atoms with E-state index in [4.69, 9.17) is 4.52 Å². The third-order valence-corrected chi connectivity index (χ3v) is 4.84. The van der Waals surface area contributed by atoms with Crippen molar-refractivity contribution in [1.29, 1.82) is 0 Å². The van der Waals surface area contributed by atoms with Crippen molar-refractivity contribution < 1.29 is 9.32 Å². The molecule has 1 aromatic carbocycles. The summed E-state index contributed by atoms with van der Waals surface area (Å²) in [5.74, 6) is 0.890. The van der Waals surface area contributed by atoms with Crippen LogP contribution in [0.25, 0.3) is 0 Å². The van der Waals surface area contributed by atoms with E-state index in [2.05, 4.69) is 39.7 Å². The highest BCUT2D eigenvalue weighted by atomic mass is 32.2. The normalized spacial score (nSPS) is 13.4. The van der Waals surface area contributed by atoms with E-state index < -0.39 is 0 Å². The summed E-state index contributed by atoms with van der Waals surface area (Å²) in [6.45, 7) is 5.67. The Bertz CT molecular complexity index is 846. The molecule has 0 radical (unpaired) electrons. The molecule has 0 spiro atoms. The summed E-state index contributed by atoms with van der Waals surface area (Å²) >= 11 is 1.35. The zero-order valence-corrected chi connectivity index (χ0v) is 15.0. The van der Waals surface area contributed by atoms with Crippen molar-refractivity contribution in [3.8, 4) is 0 Å². The second kappa shape index (κ2) is 7.52. The number of carbonyl (C=O) groups is 1. The fourth-order valence-corrected chi connectivity index (χ4v) is 3.24. The predicted molar refractivity (Wildman–Crippen MR) is 95.5 cm³/mol. The molecular weight excluding hydrogens is 338 g/mol. The summed E-state index contributed by atoms with van der Waals surface area (Å²) in [6, 6.07) is 11.8. The molecule has 0 saturated heterocycles. The highest BCUT2D eigenvalue weighted by Crippen LogP contribution is 2.27. The maximum Gasteiger partial charge on any atom is 0.238 e. The Morgan fingerprint density at radius 3 is 2.72 bits per heavy atom. The fraction of sp³-hybridized carbons (Fsp3) is 0.294. The van der Waals surface area contributed by atoms with Crippen molar-refractivity contribution in [3.05, 3.63) is 54.0 Å². The van der Waals surface area contributed by atoms with Gasteiger partial charge in [0.1, 0.15) is 12.1 Å². The summed E-state index contributed by atoms with van der Waals surface area (Å²) in [7, 11) is 0. The maximum atomic E-state index is 12.3. The number of rotatable bonds is 6. The van der Waals surface area contributed by atoms with Gasteiger partial charge in [0, 0.05) is 6.07 Å². The van der Waals surface area contributed by atoms with Crippen LogP contribution in [0.3, 0.4) is 0 Å². The molecule has 1 N–H and O–H groups in total. The van der Waals surface area contributed by atoms with Crippen LogP contribution >= 0.6 is 11.8 Å². The summed E-state index contributed by atoms with van der Waals surface area (Å²) in [5.41, 5.74) is 1.15. The van der Waals surface area contributed by atoms with E-state index in [-0.39, 0.29) is 17.2 Å². The number of benzene rings is 1. The van der Waals surface area contributed by atoms with Crippen LogP contribution in [0.15, 0.2) is 52.4 Å². The van der Waals surface area contributed by atoms with Crippen molar-refractivity contribution >= 4 is 23.5 Å². The highest BCUT2D eigenvalue weighted by Gasteiger charge is 2.21. The molecule has 0 bridgehead atoms. The molecule has 25 heavy (non-hydrogen) atoms. The number of anilines is 1. The molecule has 0 aliphatic carbocycles. The lowest BCUT2D eigenvalue weighted by Crippen LogP contribution is -2.23. The van der Waals surface area contributed by atoms with Gasteiger partial charge in [0.2, 0.25) is 5.91 Å². The molecule has 1 amide bonds. The van der Waals surface area contributed by atoms with Gasteiger partial charge in [0.25, 0.3) is 0 Å². The molecule has 2 atom stereocenters. The van der Waals surface area contributed by atoms with E-state index in [1.807, 2.05) is 29.7 Å². The first-order chi connectivity index (χ1) is 12.0. The van der Waals surface area contributed by atoms with E-state index in [9.17, 15) is 4.79 Å². The predicted octanol–water partition coefficient (Wildman–Crippen LogP) is 3.30. The number of hydrogen-bond acceptors (Lipinski definition) is 6. The number of nitrogens with one attached hydrogen (secondary N) is 1. The highest BCUT2D eigenvalue weighted by molar-refractivity contribution is 8.00. The fourth-order valence-electron chi connectivity index (χ4n) is 2.34. The first-order valence-corrected chi connectivity index (χ1v) is 8.78. The first kappa shape index (κ1) is 17.2. The smallest absolute Gasteiger partial charge is 0.238 e. The standard InChI is InChI=1S/C17H19N5O2S/c1-11-9-15(21-24-11)19-16(23)13(3)25-17-20-18-10-22(17)12(2)14-7-5-4-6-8-14/h4-10,12-13H,1-3H3,(H,19,21,23)/t12-,13-/m1/s1. The summed E-state index contributed by atoms with van der Waals surface area (Å²) in [4.78, 5) is 12.3. The van der Waals surface area contributed by atoms with Crippen LogP contribution in [0.5, 0.6) is 0 Å². The van der Waals surface area contributed by atoms with Crippen molar-refractivity contribution in [2.45, 2.75) is 37.2 Å². The molecule has 130 valence electrons. The molecule has 2 heterocycles. The van der Waals surface area contributed by atoms with Crippen LogP contribution in [-0.4, -0.2) is 31.1 Å². The summed E-state index contributed by atoms with van der Waals surface area (Å²) < 4.78 is 6.91. The van der Waals surface area contributed by atoms with E-state index >= 15 is 0 Å². The zero-order valence-electron chi connectivity index (χ0n) is 14.2. The van der Waals surface area contributed by atoms with Crippen molar-refractivity contribution in [2.75, 3.05) is 5.32 Å². The molecule has 8 heteroatoms. The van der Waals surface area contributed by atoms with Crippen LogP contribution in [0.2, 0.25) is 0 Å². The Kier molecular flexibility index (Phi) is 5.18. The molecule has 2 aromatic heterocycles. The van der Waals surface area contributed by atoms with Gasteiger partial charge in [-0.2, -0.15) is 0 Å². The number of aromatic nitrogens is 4. The largest absolute Gasteiger partial charge is 0.360 e. The van der Waals surface area contributed by atoms with Crippen molar-refractivity contribution in [2.24, 2.45) is 0 Å². The lowest BCUT2D eigenvalue weighted by Gasteiger charge is -2.17. The third kappa shape index (κ3) is 4.08. The van der Waals surface area contributed by atoms with Gasteiger partial charge < -0.3 is 14.4 Å². The minimum atomic E-state index is -0.358. The molecule has 3 rings (SSSR count). The van der Waals surface area contributed by atoms with Gasteiger partial charge >= 0.3 is 0 Å². The van der Waals surface area contributed by atoms with Crippen LogP contribution in [0.1, 0.15) is 31.2 Å². The average Bonchev–Trinajstić information content (AvgIpc) is 3.24. The number of thioether (sulfide) groups is 1. The van der Waals surface area contributed by atoms with E-state index in [0.29, 0.717) is 16.7 Å². The second-order valence-corrected chi connectivity index (χ2v) is 6.99. The lowest BCUT2D eigenvalue weighted by molar-refractivity contribution is -0.115. The molecule has 0 aliphatic heterocycles. The Labute approximate surface area is 149 Å². The Hall–Kier alpha value is -2.61. The van der Waals surface area contributed by atoms with E-state index in [1.54, 1.807) is 19.3 Å². The number of carbonyl (C=O) groups excluding carboxylic acids is 1. The quantitative estimate of drug-likeness (QED) is 0.681. The van der Waals surface area contributed by atoms with Crippen LogP contribution in [-0.2, 0) is 4.79 Å². The Balaban J connectivity index is 1.69. The SMILES string of the molecule is Cc1cc(NC(=O)[C@@H](C)Sc2nncn2[C@H](C)c2ccccc2)no1. The Morgan fingerprint density at radius 1 is 1.28 bits per heavy atom. The number of aryl methyl sites for hydroxylation is 1. The van der Waals surface area contributed by atoms with Gasteiger partial charge in [-0.3, -0.25) is 4.79 Å². The molecule has 0 fully saturated rings. The van der Waals surface area contributed by atoms with Gasteiger partial charge in [-0.25, -0.2) is 0 Å². The lowest BCUT2D eigenvalue weighted by atomic mass is 10.1. The first-order valence-electron chi connectivity index (χ1n) is 7.90. The van der Waals surface area contributed by atoms with E-state index in [0.717, 1.165) is 5.56 Å². The monoisotopic (exact) mass is 357 g/mol. The minimum absolute atomic E-state index is 0.0761.